The van der Waals surface area contributed by atoms with Gasteiger partial charge in [-0.2, -0.15) is 17.0 Å². The lowest BCUT2D eigenvalue weighted by Gasteiger charge is -2.36. The van der Waals surface area contributed by atoms with E-state index in [4.69, 9.17) is 0 Å². The van der Waals surface area contributed by atoms with Gasteiger partial charge in [0.1, 0.15) is 0 Å². The van der Waals surface area contributed by atoms with Crippen molar-refractivity contribution in [3.63, 3.8) is 0 Å². The lowest BCUT2D eigenvalue weighted by atomic mass is 10.2. The normalized spacial score (nSPS) is 19.7. The largest absolute Gasteiger partial charge is 0.334 e. The molecule has 9 nitrogen and oxygen atoms in total. The van der Waals surface area contributed by atoms with E-state index in [9.17, 15) is 18.0 Å². The van der Waals surface area contributed by atoms with E-state index in [1.165, 1.54) is 4.31 Å². The summed E-state index contributed by atoms with van der Waals surface area (Å²) in [4.78, 5) is 25.9. The third-order valence-corrected chi connectivity index (χ3v) is 7.50. The second-order valence-electron chi connectivity index (χ2n) is 7.71. The molecule has 2 N–H and O–H groups in total. The monoisotopic (exact) mass is 437 g/mol. The summed E-state index contributed by atoms with van der Waals surface area (Å²) in [7, 11) is -3.44. The highest BCUT2D eigenvalue weighted by atomic mass is 32.2. The predicted molar refractivity (Wildman–Crippen MR) is 114 cm³/mol. The van der Waals surface area contributed by atoms with E-state index in [0.717, 1.165) is 31.2 Å². The molecule has 3 amide bonds. The number of amides is 3. The summed E-state index contributed by atoms with van der Waals surface area (Å²) in [6, 6.07) is 8.90. The molecule has 0 radical (unpaired) electrons. The average Bonchev–Trinajstić information content (AvgIpc) is 3.03. The van der Waals surface area contributed by atoms with Crippen molar-refractivity contribution in [1.29, 1.82) is 0 Å². The number of nitrogens with one attached hydrogen (secondary N) is 2. The van der Waals surface area contributed by atoms with E-state index in [-0.39, 0.29) is 6.54 Å². The standard InChI is InChI=1S/C20H31N5O4S/c26-19(22-20(27)21-16-18-8-4-3-5-9-18)17-23-12-14-25(15-13-23)30(28,29)24-10-6-1-2-7-11-24/h3-5,8-9H,1-2,6-7,10-17H2,(H2,21,22,26,27). The summed E-state index contributed by atoms with van der Waals surface area (Å²) in [5.41, 5.74) is 0.946. The molecule has 0 saturated carbocycles. The van der Waals surface area contributed by atoms with Crippen LogP contribution >= 0.6 is 0 Å². The topological polar surface area (TPSA) is 102 Å². The van der Waals surface area contributed by atoms with Gasteiger partial charge in [0.25, 0.3) is 10.2 Å². The van der Waals surface area contributed by atoms with Crippen molar-refractivity contribution in [2.24, 2.45) is 0 Å². The van der Waals surface area contributed by atoms with Crippen LogP contribution in [0, 0.1) is 0 Å². The smallest absolute Gasteiger partial charge is 0.321 e. The van der Waals surface area contributed by atoms with Gasteiger partial charge < -0.3 is 5.32 Å². The van der Waals surface area contributed by atoms with Crippen molar-refractivity contribution < 1.29 is 18.0 Å². The van der Waals surface area contributed by atoms with Gasteiger partial charge in [-0.3, -0.25) is 15.0 Å². The lowest BCUT2D eigenvalue weighted by molar-refractivity contribution is -0.121. The Kier molecular flexibility index (Phi) is 8.20. The van der Waals surface area contributed by atoms with Crippen LogP contribution < -0.4 is 10.6 Å². The summed E-state index contributed by atoms with van der Waals surface area (Å²) in [5.74, 6) is -0.399. The Balaban J connectivity index is 1.39. The second-order valence-corrected chi connectivity index (χ2v) is 9.64. The number of urea groups is 1. The summed E-state index contributed by atoms with van der Waals surface area (Å²) in [6.07, 6.45) is 3.97. The minimum absolute atomic E-state index is 0.0658. The van der Waals surface area contributed by atoms with Crippen LogP contribution in [0.2, 0.25) is 0 Å². The molecule has 3 rings (SSSR count). The van der Waals surface area contributed by atoms with Gasteiger partial charge >= 0.3 is 6.03 Å². The van der Waals surface area contributed by atoms with Gasteiger partial charge in [-0.25, -0.2) is 4.79 Å². The van der Waals surface area contributed by atoms with E-state index in [0.29, 0.717) is 45.8 Å². The first-order valence-corrected chi connectivity index (χ1v) is 11.9. The maximum absolute atomic E-state index is 12.9. The van der Waals surface area contributed by atoms with E-state index < -0.39 is 22.1 Å². The molecule has 2 heterocycles. The van der Waals surface area contributed by atoms with E-state index in [2.05, 4.69) is 10.6 Å². The third kappa shape index (κ3) is 6.49. The quantitative estimate of drug-likeness (QED) is 0.684. The summed E-state index contributed by atoms with van der Waals surface area (Å²) >= 11 is 0. The van der Waals surface area contributed by atoms with Crippen molar-refractivity contribution in [1.82, 2.24) is 24.1 Å². The molecule has 1 aromatic carbocycles. The molecule has 10 heteroatoms. The number of imide groups is 1. The van der Waals surface area contributed by atoms with Crippen molar-refractivity contribution >= 4 is 22.1 Å². The van der Waals surface area contributed by atoms with Crippen LogP contribution in [0.4, 0.5) is 4.79 Å². The highest BCUT2D eigenvalue weighted by Gasteiger charge is 2.32. The van der Waals surface area contributed by atoms with Crippen LogP contribution in [0.1, 0.15) is 31.2 Å². The number of hydrogen-bond acceptors (Lipinski definition) is 5. The van der Waals surface area contributed by atoms with Gasteiger partial charge in [-0.05, 0) is 18.4 Å². The number of carbonyl (C=O) groups is 2. The van der Waals surface area contributed by atoms with Crippen LogP contribution in [0.25, 0.3) is 0 Å². The van der Waals surface area contributed by atoms with Gasteiger partial charge in [0.05, 0.1) is 6.54 Å². The molecule has 0 atom stereocenters. The van der Waals surface area contributed by atoms with Crippen molar-refractivity contribution in [3.05, 3.63) is 35.9 Å². The average molecular weight is 438 g/mol. The van der Waals surface area contributed by atoms with Gasteiger partial charge in [0, 0.05) is 45.8 Å². The molecule has 0 bridgehead atoms. The van der Waals surface area contributed by atoms with Crippen LogP contribution in [0.3, 0.4) is 0 Å². The van der Waals surface area contributed by atoms with E-state index in [1.807, 2.05) is 35.2 Å². The molecule has 2 aliphatic heterocycles. The minimum Gasteiger partial charge on any atom is -0.334 e. The van der Waals surface area contributed by atoms with E-state index >= 15 is 0 Å². The fraction of sp³-hybridized carbons (Fsp3) is 0.600. The molecule has 2 aliphatic rings. The fourth-order valence-corrected chi connectivity index (χ4v) is 5.42. The Bertz CT molecular complexity index is 802. The molecule has 2 saturated heterocycles. The number of carbonyl (C=O) groups excluding carboxylic acids is 2. The molecule has 30 heavy (non-hydrogen) atoms. The lowest BCUT2D eigenvalue weighted by Crippen LogP contribution is -2.55. The summed E-state index contributed by atoms with van der Waals surface area (Å²) < 4.78 is 28.8. The Labute approximate surface area is 178 Å². The van der Waals surface area contributed by atoms with Crippen molar-refractivity contribution in [2.45, 2.75) is 32.2 Å². The Morgan fingerprint density at radius 3 is 2.07 bits per heavy atom. The molecule has 0 spiro atoms. The highest BCUT2D eigenvalue weighted by Crippen LogP contribution is 2.17. The zero-order chi connectivity index (χ0) is 21.4. The molecular weight excluding hydrogens is 406 g/mol. The second kappa shape index (κ2) is 10.9. The Morgan fingerprint density at radius 1 is 0.833 bits per heavy atom. The first-order chi connectivity index (χ1) is 14.4. The Hall–Kier alpha value is -2.01. The highest BCUT2D eigenvalue weighted by molar-refractivity contribution is 7.86. The molecule has 0 aliphatic carbocycles. The maximum Gasteiger partial charge on any atom is 0.321 e. The van der Waals surface area contributed by atoms with Crippen LogP contribution in [-0.4, -0.2) is 79.7 Å². The van der Waals surface area contributed by atoms with Gasteiger partial charge in [-0.15, -0.1) is 0 Å². The fourth-order valence-electron chi connectivity index (χ4n) is 3.75. The molecule has 0 aromatic heterocycles. The number of piperazine rings is 1. The van der Waals surface area contributed by atoms with Crippen LogP contribution in [0.5, 0.6) is 0 Å². The molecule has 166 valence electrons. The zero-order valence-corrected chi connectivity index (χ0v) is 18.1. The van der Waals surface area contributed by atoms with Crippen LogP contribution in [0.15, 0.2) is 30.3 Å². The summed E-state index contributed by atoms with van der Waals surface area (Å²) in [6.45, 7) is 3.21. The first kappa shape index (κ1) is 22.7. The SMILES string of the molecule is O=C(CN1CCN(S(=O)(=O)N2CCCCCC2)CC1)NC(=O)NCc1ccccc1. The van der Waals surface area contributed by atoms with Gasteiger partial charge in [0.15, 0.2) is 0 Å². The summed E-state index contributed by atoms with van der Waals surface area (Å²) in [5, 5.41) is 4.98. The zero-order valence-electron chi connectivity index (χ0n) is 17.3. The van der Waals surface area contributed by atoms with Gasteiger partial charge in [0.2, 0.25) is 5.91 Å². The third-order valence-electron chi connectivity index (χ3n) is 5.46. The van der Waals surface area contributed by atoms with Crippen molar-refractivity contribution in [2.75, 3.05) is 45.8 Å². The Morgan fingerprint density at radius 2 is 1.43 bits per heavy atom. The van der Waals surface area contributed by atoms with Crippen LogP contribution in [-0.2, 0) is 21.5 Å². The molecular formula is C20H31N5O4S. The predicted octanol–water partition coefficient (Wildman–Crippen LogP) is 0.751. The number of benzene rings is 1. The van der Waals surface area contributed by atoms with Crippen molar-refractivity contribution in [3.8, 4) is 0 Å². The van der Waals surface area contributed by atoms with E-state index in [1.54, 1.807) is 4.31 Å². The molecule has 1 aromatic rings. The van der Waals surface area contributed by atoms with Gasteiger partial charge in [-0.1, -0.05) is 43.2 Å². The minimum atomic E-state index is -3.44. The molecule has 2 fully saturated rings. The number of hydrogen-bond donors (Lipinski definition) is 2. The number of rotatable bonds is 6. The maximum atomic E-state index is 12.9. The number of nitrogens with zero attached hydrogens (tertiary/aromatic N) is 3. The molecule has 0 unspecified atom stereocenters. The first-order valence-electron chi connectivity index (χ1n) is 10.5.